The van der Waals surface area contributed by atoms with Crippen molar-refractivity contribution in [2.75, 3.05) is 17.2 Å². The molecule has 2 rings (SSSR count). The number of aromatic nitrogens is 2. The Bertz CT molecular complexity index is 546. The third kappa shape index (κ3) is 3.37. The van der Waals surface area contributed by atoms with Crippen molar-refractivity contribution in [2.24, 2.45) is 0 Å². The van der Waals surface area contributed by atoms with Gasteiger partial charge in [0.1, 0.15) is 0 Å². The van der Waals surface area contributed by atoms with Gasteiger partial charge in [-0.2, -0.15) is 0 Å². The van der Waals surface area contributed by atoms with Crippen LogP contribution in [0.2, 0.25) is 0 Å². The summed E-state index contributed by atoms with van der Waals surface area (Å²) in [4.78, 5) is 7.78. The van der Waals surface area contributed by atoms with Crippen LogP contribution in [-0.2, 0) is 6.54 Å². The Labute approximate surface area is 109 Å². The Morgan fingerprint density at radius 1 is 1.05 bits per heavy atom. The van der Waals surface area contributed by atoms with Crippen LogP contribution in [0.3, 0.4) is 0 Å². The van der Waals surface area contributed by atoms with Crippen LogP contribution < -0.4 is 10.6 Å². The molecular weight excluding hydrogens is 250 g/mol. The number of hydrogen-bond acceptors (Lipinski definition) is 4. The molecule has 0 fully saturated rings. The second-order valence-corrected chi connectivity index (χ2v) is 3.89. The van der Waals surface area contributed by atoms with Crippen molar-refractivity contribution in [1.82, 2.24) is 9.97 Å². The highest BCUT2D eigenvalue weighted by atomic mass is 19.1. The molecule has 4 nitrogen and oxygen atoms in total. The molecule has 0 aliphatic heterocycles. The van der Waals surface area contributed by atoms with E-state index in [1.165, 1.54) is 0 Å². The molecule has 6 heteroatoms. The lowest BCUT2D eigenvalue weighted by molar-refractivity contribution is 0.578. The topological polar surface area (TPSA) is 49.8 Å². The molecule has 19 heavy (non-hydrogen) atoms. The Balaban J connectivity index is 2.13. The van der Waals surface area contributed by atoms with Gasteiger partial charge in [0.25, 0.3) is 0 Å². The second kappa shape index (κ2) is 6.08. The lowest BCUT2D eigenvalue weighted by Gasteiger charge is -2.10. The molecule has 0 amide bonds. The van der Waals surface area contributed by atoms with Crippen LogP contribution in [-0.4, -0.2) is 16.5 Å². The van der Waals surface area contributed by atoms with E-state index < -0.39 is 11.6 Å². The molecule has 0 saturated carbocycles. The maximum atomic E-state index is 13.6. The summed E-state index contributed by atoms with van der Waals surface area (Å²) < 4.78 is 26.9. The fourth-order valence-electron chi connectivity index (χ4n) is 1.57. The second-order valence-electron chi connectivity index (χ2n) is 3.89. The summed E-state index contributed by atoms with van der Waals surface area (Å²) >= 11 is 0. The summed E-state index contributed by atoms with van der Waals surface area (Å²) in [5, 5.41) is 5.57. The van der Waals surface area contributed by atoms with E-state index in [-0.39, 0.29) is 11.6 Å². The van der Waals surface area contributed by atoms with Crippen molar-refractivity contribution in [3.63, 3.8) is 0 Å². The third-order valence-corrected chi connectivity index (χ3v) is 2.48. The monoisotopic (exact) mass is 264 g/mol. The number of pyridine rings is 2. The molecule has 0 atom stereocenters. The largest absolute Gasteiger partial charge is 0.368 e. The summed E-state index contributed by atoms with van der Waals surface area (Å²) in [6.45, 7) is 2.72. The van der Waals surface area contributed by atoms with Gasteiger partial charge in [-0.05, 0) is 24.6 Å². The van der Waals surface area contributed by atoms with Gasteiger partial charge in [-0.25, -0.2) is 13.8 Å². The minimum absolute atomic E-state index is 0.0224. The molecule has 0 aromatic carbocycles. The van der Waals surface area contributed by atoms with Crippen molar-refractivity contribution < 1.29 is 8.78 Å². The fourth-order valence-corrected chi connectivity index (χ4v) is 1.57. The van der Waals surface area contributed by atoms with Crippen LogP contribution in [0.25, 0.3) is 0 Å². The van der Waals surface area contributed by atoms with Gasteiger partial charge in [-0.3, -0.25) is 4.98 Å². The molecule has 0 aliphatic rings. The first-order chi connectivity index (χ1) is 9.20. The SMILES string of the molecule is CCNc1nc(NCc2ccncc2)c(F)cc1F. The van der Waals surface area contributed by atoms with E-state index in [4.69, 9.17) is 0 Å². The zero-order valence-corrected chi connectivity index (χ0v) is 10.5. The number of halogens is 2. The maximum Gasteiger partial charge on any atom is 0.168 e. The first-order valence-corrected chi connectivity index (χ1v) is 5.93. The van der Waals surface area contributed by atoms with Crippen LogP contribution in [0.15, 0.2) is 30.6 Å². The Morgan fingerprint density at radius 3 is 2.32 bits per heavy atom. The van der Waals surface area contributed by atoms with E-state index >= 15 is 0 Å². The highest BCUT2D eigenvalue weighted by molar-refractivity contribution is 5.47. The Kier molecular flexibility index (Phi) is 4.22. The van der Waals surface area contributed by atoms with Crippen molar-refractivity contribution >= 4 is 11.6 Å². The zero-order chi connectivity index (χ0) is 13.7. The van der Waals surface area contributed by atoms with Gasteiger partial charge in [0.2, 0.25) is 0 Å². The summed E-state index contributed by atoms with van der Waals surface area (Å²) in [5.41, 5.74) is 0.936. The van der Waals surface area contributed by atoms with Crippen LogP contribution in [0.1, 0.15) is 12.5 Å². The number of hydrogen-bond donors (Lipinski definition) is 2. The molecule has 2 heterocycles. The van der Waals surface area contributed by atoms with Gasteiger partial charge in [-0.1, -0.05) is 0 Å². The van der Waals surface area contributed by atoms with Crippen molar-refractivity contribution in [2.45, 2.75) is 13.5 Å². The van der Waals surface area contributed by atoms with E-state index in [9.17, 15) is 8.78 Å². The van der Waals surface area contributed by atoms with Gasteiger partial charge in [-0.15, -0.1) is 0 Å². The molecule has 2 N–H and O–H groups in total. The average molecular weight is 264 g/mol. The maximum absolute atomic E-state index is 13.6. The van der Waals surface area contributed by atoms with Gasteiger partial charge in [0, 0.05) is 31.5 Å². The predicted octanol–water partition coefficient (Wildman–Crippen LogP) is 2.80. The minimum atomic E-state index is -0.715. The number of anilines is 2. The summed E-state index contributed by atoms with van der Waals surface area (Å²) in [6.07, 6.45) is 3.30. The lowest BCUT2D eigenvalue weighted by atomic mass is 10.2. The number of rotatable bonds is 5. The number of nitrogens with one attached hydrogen (secondary N) is 2. The van der Waals surface area contributed by atoms with E-state index in [0.717, 1.165) is 11.6 Å². The van der Waals surface area contributed by atoms with Crippen molar-refractivity contribution in [3.8, 4) is 0 Å². The summed E-state index contributed by atoms with van der Waals surface area (Å²) in [5.74, 6) is -1.35. The first-order valence-electron chi connectivity index (χ1n) is 5.93. The zero-order valence-electron chi connectivity index (χ0n) is 10.5. The number of nitrogens with zero attached hydrogens (tertiary/aromatic N) is 2. The lowest BCUT2D eigenvalue weighted by Crippen LogP contribution is -2.08. The molecule has 0 unspecified atom stereocenters. The smallest absolute Gasteiger partial charge is 0.168 e. The van der Waals surface area contributed by atoms with Gasteiger partial charge < -0.3 is 10.6 Å². The average Bonchev–Trinajstić information content (AvgIpc) is 2.42. The molecule has 2 aromatic rings. The highest BCUT2D eigenvalue weighted by Crippen LogP contribution is 2.19. The van der Waals surface area contributed by atoms with E-state index in [1.807, 2.05) is 6.92 Å². The summed E-state index contributed by atoms with van der Waals surface area (Å²) in [7, 11) is 0. The van der Waals surface area contributed by atoms with Gasteiger partial charge in [0.05, 0.1) is 0 Å². The first kappa shape index (κ1) is 13.2. The molecule has 100 valence electrons. The molecule has 0 spiro atoms. The standard InChI is InChI=1S/C13H14F2N4/c1-2-17-12-10(14)7-11(15)13(19-12)18-8-9-3-5-16-6-4-9/h3-7H,2,8H2,1H3,(H2,17,18,19). The van der Waals surface area contributed by atoms with E-state index in [1.54, 1.807) is 24.5 Å². The third-order valence-electron chi connectivity index (χ3n) is 2.48. The predicted molar refractivity (Wildman–Crippen MR) is 69.9 cm³/mol. The molecule has 0 bridgehead atoms. The molecule has 2 aromatic heterocycles. The molecule has 0 radical (unpaired) electrons. The van der Waals surface area contributed by atoms with E-state index in [2.05, 4.69) is 20.6 Å². The molecule has 0 saturated heterocycles. The normalized spacial score (nSPS) is 10.3. The highest BCUT2D eigenvalue weighted by Gasteiger charge is 2.11. The van der Waals surface area contributed by atoms with Crippen LogP contribution in [0.4, 0.5) is 20.4 Å². The van der Waals surface area contributed by atoms with Crippen LogP contribution in [0, 0.1) is 11.6 Å². The minimum Gasteiger partial charge on any atom is -0.368 e. The van der Waals surface area contributed by atoms with Crippen molar-refractivity contribution in [1.29, 1.82) is 0 Å². The van der Waals surface area contributed by atoms with Gasteiger partial charge >= 0.3 is 0 Å². The van der Waals surface area contributed by atoms with Crippen LogP contribution >= 0.6 is 0 Å². The quantitative estimate of drug-likeness (QED) is 0.872. The summed E-state index contributed by atoms with van der Waals surface area (Å²) in [6, 6.07) is 4.43. The fraction of sp³-hybridized carbons (Fsp3) is 0.231. The molecule has 0 aliphatic carbocycles. The van der Waals surface area contributed by atoms with Crippen LogP contribution in [0.5, 0.6) is 0 Å². The molecular formula is C13H14F2N4. The van der Waals surface area contributed by atoms with Crippen molar-refractivity contribution in [3.05, 3.63) is 47.8 Å². The van der Waals surface area contributed by atoms with Gasteiger partial charge in [0.15, 0.2) is 23.3 Å². The Hall–Kier alpha value is -2.24. The Morgan fingerprint density at radius 2 is 1.68 bits per heavy atom. The van der Waals surface area contributed by atoms with E-state index in [0.29, 0.717) is 13.1 Å².